The number of amides is 1. The number of benzene rings is 1. The Balaban J connectivity index is 1.47. The van der Waals surface area contributed by atoms with Gasteiger partial charge in [-0.05, 0) is 26.0 Å². The van der Waals surface area contributed by atoms with Crippen LogP contribution in [0.25, 0.3) is 0 Å². The summed E-state index contributed by atoms with van der Waals surface area (Å²) in [7, 11) is -3.64. The summed E-state index contributed by atoms with van der Waals surface area (Å²) in [5, 5.41) is 3.69. The molecule has 0 atom stereocenters. The molecule has 1 amide bonds. The maximum Gasteiger partial charge on any atom is 0.253 e. The molecule has 1 saturated heterocycles. The van der Waals surface area contributed by atoms with Crippen LogP contribution in [-0.2, 0) is 10.0 Å². The van der Waals surface area contributed by atoms with Crippen molar-refractivity contribution in [2.45, 2.75) is 18.7 Å². The van der Waals surface area contributed by atoms with Gasteiger partial charge in [-0.3, -0.25) is 9.69 Å². The lowest BCUT2D eigenvalue weighted by Gasteiger charge is -2.34. The molecule has 0 saturated carbocycles. The van der Waals surface area contributed by atoms with Crippen LogP contribution in [0.5, 0.6) is 0 Å². The Kier molecular flexibility index (Phi) is 5.93. The summed E-state index contributed by atoms with van der Waals surface area (Å²) in [6, 6.07) is 9.23. The van der Waals surface area contributed by atoms with Gasteiger partial charge in [-0.2, -0.15) is 0 Å². The van der Waals surface area contributed by atoms with Crippen molar-refractivity contribution in [2.75, 3.05) is 39.3 Å². The first-order chi connectivity index (χ1) is 12.9. The third-order valence-electron chi connectivity index (χ3n) is 4.64. The Morgan fingerprint density at radius 3 is 2.41 bits per heavy atom. The summed E-state index contributed by atoms with van der Waals surface area (Å²) in [5.41, 5.74) is 1.05. The Labute approximate surface area is 159 Å². The molecule has 0 unspecified atom stereocenters. The average Bonchev–Trinajstić information content (AvgIpc) is 3.01. The third-order valence-corrected chi connectivity index (χ3v) is 6.34. The summed E-state index contributed by atoms with van der Waals surface area (Å²) >= 11 is 0. The molecular formula is C18H24N4O4S. The number of rotatable bonds is 6. The number of carbonyl (C=O) groups is 1. The van der Waals surface area contributed by atoms with Crippen LogP contribution in [0.15, 0.2) is 39.8 Å². The number of piperazine rings is 1. The first-order valence-electron chi connectivity index (χ1n) is 8.87. The Bertz CT molecular complexity index is 868. The molecule has 146 valence electrons. The van der Waals surface area contributed by atoms with Gasteiger partial charge in [0.1, 0.15) is 10.6 Å². The second-order valence-electron chi connectivity index (χ2n) is 6.55. The SMILES string of the molecule is Cc1noc(C)c1S(=O)(=O)NCCN1CCN(C(=O)c2ccccc2)CC1. The molecule has 8 nitrogen and oxygen atoms in total. The monoisotopic (exact) mass is 392 g/mol. The smallest absolute Gasteiger partial charge is 0.253 e. The molecule has 9 heteroatoms. The highest BCUT2D eigenvalue weighted by molar-refractivity contribution is 7.89. The molecule has 1 aliphatic heterocycles. The lowest BCUT2D eigenvalue weighted by atomic mass is 10.2. The van der Waals surface area contributed by atoms with Crippen LogP contribution in [0.2, 0.25) is 0 Å². The van der Waals surface area contributed by atoms with E-state index in [-0.39, 0.29) is 16.6 Å². The fraction of sp³-hybridized carbons (Fsp3) is 0.444. The fourth-order valence-corrected chi connectivity index (χ4v) is 4.55. The van der Waals surface area contributed by atoms with Gasteiger partial charge in [0.15, 0.2) is 5.76 Å². The molecule has 0 radical (unpaired) electrons. The molecule has 0 spiro atoms. The third kappa shape index (κ3) is 4.55. The van der Waals surface area contributed by atoms with E-state index < -0.39 is 10.0 Å². The zero-order chi connectivity index (χ0) is 19.4. The van der Waals surface area contributed by atoms with Gasteiger partial charge in [-0.1, -0.05) is 23.4 Å². The van der Waals surface area contributed by atoms with E-state index in [4.69, 9.17) is 4.52 Å². The average molecular weight is 392 g/mol. The maximum absolute atomic E-state index is 12.4. The molecular weight excluding hydrogens is 368 g/mol. The lowest BCUT2D eigenvalue weighted by Crippen LogP contribution is -2.50. The van der Waals surface area contributed by atoms with Crippen molar-refractivity contribution in [3.8, 4) is 0 Å². The van der Waals surface area contributed by atoms with Gasteiger partial charge in [0.2, 0.25) is 10.0 Å². The Morgan fingerprint density at radius 2 is 1.81 bits per heavy atom. The molecule has 1 N–H and O–H groups in total. The van der Waals surface area contributed by atoms with Crippen LogP contribution in [0.4, 0.5) is 0 Å². The van der Waals surface area contributed by atoms with E-state index in [1.54, 1.807) is 13.8 Å². The number of aromatic nitrogens is 1. The molecule has 1 fully saturated rings. The topological polar surface area (TPSA) is 95.8 Å². The number of hydrogen-bond donors (Lipinski definition) is 1. The highest BCUT2D eigenvalue weighted by Crippen LogP contribution is 2.18. The lowest BCUT2D eigenvalue weighted by molar-refractivity contribution is 0.0640. The van der Waals surface area contributed by atoms with Gasteiger partial charge in [-0.15, -0.1) is 0 Å². The van der Waals surface area contributed by atoms with Crippen molar-refractivity contribution < 1.29 is 17.7 Å². The minimum atomic E-state index is -3.64. The van der Waals surface area contributed by atoms with Gasteiger partial charge < -0.3 is 9.42 Å². The Morgan fingerprint density at radius 1 is 1.15 bits per heavy atom. The Hall–Kier alpha value is -2.23. The summed E-state index contributed by atoms with van der Waals surface area (Å²) in [5.74, 6) is 0.322. The van der Waals surface area contributed by atoms with E-state index in [2.05, 4.69) is 14.8 Å². The van der Waals surface area contributed by atoms with E-state index in [9.17, 15) is 13.2 Å². The van der Waals surface area contributed by atoms with Crippen molar-refractivity contribution in [3.63, 3.8) is 0 Å². The van der Waals surface area contributed by atoms with E-state index in [1.807, 2.05) is 35.2 Å². The first kappa shape index (κ1) is 19.5. The number of sulfonamides is 1. The van der Waals surface area contributed by atoms with Crippen LogP contribution in [0.1, 0.15) is 21.8 Å². The largest absolute Gasteiger partial charge is 0.360 e. The summed E-state index contributed by atoms with van der Waals surface area (Å²) in [4.78, 5) is 16.5. The quantitative estimate of drug-likeness (QED) is 0.789. The molecule has 0 bridgehead atoms. The normalized spacial score (nSPS) is 15.9. The summed E-state index contributed by atoms with van der Waals surface area (Å²) in [6.45, 7) is 6.74. The molecule has 1 aromatic heterocycles. The molecule has 1 aromatic carbocycles. The van der Waals surface area contributed by atoms with Gasteiger partial charge in [-0.25, -0.2) is 13.1 Å². The molecule has 1 aliphatic rings. The van der Waals surface area contributed by atoms with Gasteiger partial charge in [0.05, 0.1) is 0 Å². The highest BCUT2D eigenvalue weighted by atomic mass is 32.2. The fourth-order valence-electron chi connectivity index (χ4n) is 3.21. The van der Waals surface area contributed by atoms with Gasteiger partial charge in [0.25, 0.3) is 5.91 Å². The van der Waals surface area contributed by atoms with Crippen LogP contribution in [0, 0.1) is 13.8 Å². The number of aryl methyl sites for hydroxylation is 2. The van der Waals surface area contributed by atoms with Gasteiger partial charge >= 0.3 is 0 Å². The minimum absolute atomic E-state index is 0.0364. The second kappa shape index (κ2) is 8.20. The van der Waals surface area contributed by atoms with Crippen molar-refractivity contribution in [3.05, 3.63) is 47.3 Å². The summed E-state index contributed by atoms with van der Waals surface area (Å²) < 4.78 is 32.3. The van der Waals surface area contributed by atoms with E-state index >= 15 is 0 Å². The standard InChI is InChI=1S/C18H24N4O4S/c1-14-17(15(2)26-20-14)27(24,25)19-8-9-21-10-12-22(13-11-21)18(23)16-6-4-3-5-7-16/h3-7,19H,8-13H2,1-2H3. The molecule has 2 aromatic rings. The van der Waals surface area contributed by atoms with Crippen LogP contribution in [0.3, 0.4) is 0 Å². The molecule has 27 heavy (non-hydrogen) atoms. The van der Waals surface area contributed by atoms with E-state index in [0.29, 0.717) is 50.5 Å². The number of nitrogens with zero attached hydrogens (tertiary/aromatic N) is 3. The first-order valence-corrected chi connectivity index (χ1v) is 10.4. The zero-order valence-corrected chi connectivity index (χ0v) is 16.3. The predicted molar refractivity (Wildman–Crippen MR) is 100.0 cm³/mol. The van der Waals surface area contributed by atoms with E-state index in [0.717, 1.165) is 0 Å². The second-order valence-corrected chi connectivity index (χ2v) is 8.25. The van der Waals surface area contributed by atoms with Crippen LogP contribution >= 0.6 is 0 Å². The van der Waals surface area contributed by atoms with E-state index in [1.165, 1.54) is 0 Å². The molecule has 0 aliphatic carbocycles. The van der Waals surface area contributed by atoms with Crippen molar-refractivity contribution in [1.29, 1.82) is 0 Å². The van der Waals surface area contributed by atoms with Crippen molar-refractivity contribution in [1.82, 2.24) is 19.7 Å². The van der Waals surface area contributed by atoms with Crippen molar-refractivity contribution >= 4 is 15.9 Å². The minimum Gasteiger partial charge on any atom is -0.360 e. The number of nitrogens with one attached hydrogen (secondary N) is 1. The van der Waals surface area contributed by atoms with Gasteiger partial charge in [0, 0.05) is 44.8 Å². The number of hydrogen-bond acceptors (Lipinski definition) is 6. The number of carbonyl (C=O) groups excluding carboxylic acids is 1. The van der Waals surface area contributed by atoms with Crippen LogP contribution < -0.4 is 4.72 Å². The molecule has 2 heterocycles. The van der Waals surface area contributed by atoms with Crippen molar-refractivity contribution in [2.24, 2.45) is 0 Å². The summed E-state index contributed by atoms with van der Waals surface area (Å²) in [6.07, 6.45) is 0. The predicted octanol–water partition coefficient (Wildman–Crippen LogP) is 1.03. The highest BCUT2D eigenvalue weighted by Gasteiger charge is 2.25. The maximum atomic E-state index is 12.4. The van der Waals surface area contributed by atoms with Crippen LogP contribution in [-0.4, -0.2) is 68.5 Å². The molecule has 3 rings (SSSR count). The zero-order valence-electron chi connectivity index (χ0n) is 15.5.